The molecule has 0 aliphatic carbocycles. The Hall–Kier alpha value is -1.81. The molecular weight excluding hydrogens is 307 g/mol. The number of nitrogens with zero attached hydrogens (tertiary/aromatic N) is 1. The monoisotopic (exact) mass is 320 g/mol. The van der Waals surface area contributed by atoms with Gasteiger partial charge in [-0.15, -0.1) is 0 Å². The molecule has 0 fully saturated rings. The Balaban J connectivity index is 0.000000409. The molecule has 0 radical (unpaired) electrons. The fourth-order valence-electron chi connectivity index (χ4n) is 1.22. The Kier molecular flexibility index (Phi) is 9.18. The van der Waals surface area contributed by atoms with Gasteiger partial charge in [0.2, 0.25) is 0 Å². The molecule has 0 aliphatic rings. The molecule has 1 aromatic rings. The molecule has 0 saturated heterocycles. The predicted octanol–water partition coefficient (Wildman–Crippen LogP) is 0.167. The van der Waals surface area contributed by atoms with Gasteiger partial charge in [0.05, 0.1) is 0 Å². The van der Waals surface area contributed by atoms with Gasteiger partial charge in [0.15, 0.2) is 0 Å². The number of non-ortho nitro benzene ring substituents is 1. The number of rotatable bonds is 6. The first kappa shape index (κ1) is 20.2. The molecule has 22 heavy (non-hydrogen) atoms. The summed E-state index contributed by atoms with van der Waals surface area (Å²) in [4.78, 5) is 40.4. The van der Waals surface area contributed by atoms with Crippen LogP contribution in [0.25, 0.3) is 0 Å². The third kappa shape index (κ3) is 8.47. The van der Waals surface area contributed by atoms with Crippen molar-refractivity contribution in [3.05, 3.63) is 39.9 Å². The summed E-state index contributed by atoms with van der Waals surface area (Å²) in [6, 6.07) is 4.58. The van der Waals surface area contributed by atoms with Gasteiger partial charge in [-0.3, -0.25) is 9.59 Å². The number of hydrogen-bond acceptors (Lipinski definition) is 6. The molecule has 114 valence electrons. The van der Waals surface area contributed by atoms with E-state index in [1.54, 1.807) is 0 Å². The van der Waals surface area contributed by atoms with Crippen LogP contribution < -0.4 is 5.73 Å². The first-order valence-corrected chi connectivity index (χ1v) is 7.10. The Morgan fingerprint density at radius 1 is 1.23 bits per heavy atom. The van der Waals surface area contributed by atoms with E-state index in [1.165, 1.54) is 24.3 Å². The number of carboxylic acids is 2. The quantitative estimate of drug-likeness (QED) is 0.379. The van der Waals surface area contributed by atoms with Gasteiger partial charge in [0.25, 0.3) is 0 Å². The molecule has 9 nitrogen and oxygen atoms in total. The summed E-state index contributed by atoms with van der Waals surface area (Å²) in [5.41, 5.74) is 5.57. The van der Waals surface area contributed by atoms with Crippen molar-refractivity contribution in [1.82, 2.24) is 0 Å². The van der Waals surface area contributed by atoms with E-state index in [9.17, 15) is 24.5 Å². The van der Waals surface area contributed by atoms with Crippen molar-refractivity contribution >= 4 is 48.6 Å². The number of nitrogens with two attached hydrogens (primary N) is 1. The van der Waals surface area contributed by atoms with Crippen LogP contribution in [-0.4, -0.2) is 64.1 Å². The zero-order chi connectivity index (χ0) is 17.3. The van der Waals surface area contributed by atoms with E-state index in [0.29, 0.717) is 33.5 Å². The first-order chi connectivity index (χ1) is 10.1. The van der Waals surface area contributed by atoms with Gasteiger partial charge in [0.1, 0.15) is 6.04 Å². The third-order valence-corrected chi connectivity index (χ3v) is 3.05. The molecule has 0 bridgehead atoms. The first-order valence-electron chi connectivity index (χ1n) is 6.10. The maximum absolute atomic E-state index is 10.8. The number of aliphatic carboxylic acids is 2. The zero-order valence-corrected chi connectivity index (χ0v) is 13.8. The van der Waals surface area contributed by atoms with Crippen LogP contribution in [0.2, 0.25) is 0 Å². The Labute approximate surface area is 142 Å². The number of carbonyl (C=O) groups is 3. The van der Waals surface area contributed by atoms with Gasteiger partial charge in [-0.1, -0.05) is 0 Å². The molecule has 0 heterocycles. The van der Waals surface area contributed by atoms with Crippen molar-refractivity contribution < 1.29 is 29.5 Å². The molecule has 4 N–H and O–H groups in total. The fraction of sp³-hybridized carbons (Fsp3) is 0.250. The number of carboxylic acid groups (broad SMARTS) is 2. The van der Waals surface area contributed by atoms with E-state index in [2.05, 4.69) is 0 Å². The number of hydrogen-bond donors (Lipinski definition) is 3. The topological polar surface area (TPSA) is 161 Å². The zero-order valence-electron chi connectivity index (χ0n) is 11.8. The van der Waals surface area contributed by atoms with Gasteiger partial charge < -0.3 is 15.9 Å². The molecule has 0 aliphatic heterocycles. The summed E-state index contributed by atoms with van der Waals surface area (Å²) in [5, 5.41) is 26.5. The van der Waals surface area contributed by atoms with Crippen LogP contribution in [0.15, 0.2) is 24.3 Å². The van der Waals surface area contributed by atoms with Crippen molar-refractivity contribution in [1.29, 1.82) is 0 Å². The second-order valence-corrected chi connectivity index (χ2v) is 5.15. The van der Waals surface area contributed by atoms with Crippen molar-refractivity contribution in [2.75, 3.05) is 0 Å². The summed E-state index contributed by atoms with van der Waals surface area (Å²) in [7, 11) is 0. The van der Waals surface area contributed by atoms with Gasteiger partial charge >= 0.3 is 98.3 Å². The molecule has 0 spiro atoms. The van der Waals surface area contributed by atoms with Gasteiger partial charge in [0, 0.05) is 6.42 Å². The molecule has 0 amide bonds. The van der Waals surface area contributed by atoms with Crippen LogP contribution in [0, 0.1) is 10.1 Å². The van der Waals surface area contributed by atoms with E-state index in [4.69, 9.17) is 15.9 Å². The molecule has 1 aromatic carbocycles. The number of nitro groups is 1. The number of benzene rings is 1. The molecule has 1 rings (SSSR count). The fourth-order valence-corrected chi connectivity index (χ4v) is 1.55. The Bertz CT molecular complexity index is 526. The normalized spacial score (nSPS) is 10.9. The molecular formula is C12H13N2NaO7. The molecule has 0 aromatic heterocycles. The average Bonchev–Trinajstić information content (AvgIpc) is 2.45. The Morgan fingerprint density at radius 3 is 2.05 bits per heavy atom. The molecule has 1 atom stereocenters. The van der Waals surface area contributed by atoms with Crippen molar-refractivity contribution in [2.24, 2.45) is 5.73 Å². The molecule has 10 heteroatoms. The van der Waals surface area contributed by atoms with E-state index >= 15 is 0 Å². The van der Waals surface area contributed by atoms with E-state index in [0.717, 1.165) is 0 Å². The second-order valence-electron chi connectivity index (χ2n) is 4.24. The second kappa shape index (κ2) is 10.0. The summed E-state index contributed by atoms with van der Waals surface area (Å²) >= 11 is 0.442. The summed E-state index contributed by atoms with van der Waals surface area (Å²) < 4.78 is 0.0462. The predicted molar refractivity (Wildman–Crippen MR) is 75.7 cm³/mol. The summed E-state index contributed by atoms with van der Waals surface area (Å²) in [5.74, 6) is -2.20. The molecule has 0 saturated carbocycles. The summed E-state index contributed by atoms with van der Waals surface area (Å²) in [6.45, 7) is 0. The number of carbonyl (C=O) groups excluding carboxylic acids is 1. The van der Waals surface area contributed by atoms with E-state index < -0.39 is 22.9 Å². The Morgan fingerprint density at radius 2 is 1.73 bits per heavy atom. The van der Waals surface area contributed by atoms with E-state index in [1.807, 2.05) is 0 Å². The standard InChI is InChI=1S/C7H4NO3.C5H9NO4.Na/c9-5-6-1-3-7(4-2-6)8(10)11;6-3(5(9)10)1-2-4(7)8;/h1-4H;3H,1-2,6H2,(H,7,8)(H,9,10);. The SMILES string of the molecule is NC(CCC(=O)O)C(=O)O.O=[C]([Na])c1ccc([N+](=O)[O-])cc1. The van der Waals surface area contributed by atoms with Crippen molar-refractivity contribution in [2.45, 2.75) is 18.9 Å². The molecule has 1 unspecified atom stereocenters. The van der Waals surface area contributed by atoms with Crippen LogP contribution >= 0.6 is 0 Å². The van der Waals surface area contributed by atoms with Gasteiger partial charge in [-0.2, -0.15) is 0 Å². The van der Waals surface area contributed by atoms with Gasteiger partial charge in [-0.05, 0) is 6.42 Å². The van der Waals surface area contributed by atoms with Crippen molar-refractivity contribution in [3.8, 4) is 0 Å². The third-order valence-electron chi connectivity index (χ3n) is 2.47. The minimum absolute atomic E-state index is 0.0154. The van der Waals surface area contributed by atoms with E-state index in [-0.39, 0.29) is 21.6 Å². The number of nitro benzene ring substituents is 1. The summed E-state index contributed by atoms with van der Waals surface area (Å²) in [6.07, 6.45) is -0.224. The van der Waals surface area contributed by atoms with Crippen molar-refractivity contribution in [3.63, 3.8) is 0 Å². The van der Waals surface area contributed by atoms with Crippen LogP contribution in [0.4, 0.5) is 5.69 Å². The van der Waals surface area contributed by atoms with Crippen LogP contribution in [-0.2, 0) is 9.59 Å². The minimum atomic E-state index is -1.17. The maximum atomic E-state index is 10.8. The van der Waals surface area contributed by atoms with Crippen LogP contribution in [0.1, 0.15) is 23.2 Å². The average molecular weight is 320 g/mol. The van der Waals surface area contributed by atoms with Crippen LogP contribution in [0.3, 0.4) is 0 Å². The van der Waals surface area contributed by atoms with Crippen LogP contribution in [0.5, 0.6) is 0 Å². The van der Waals surface area contributed by atoms with Gasteiger partial charge in [-0.25, -0.2) is 0 Å².